The summed E-state index contributed by atoms with van der Waals surface area (Å²) >= 11 is 0. The van der Waals surface area contributed by atoms with Gasteiger partial charge in [-0.2, -0.15) is 0 Å². The number of ether oxygens (including phenoxy) is 1. The molecule has 0 saturated heterocycles. The van der Waals surface area contributed by atoms with Gasteiger partial charge in [0.1, 0.15) is 11.6 Å². The Hall–Kier alpha value is -2.30. The van der Waals surface area contributed by atoms with Crippen molar-refractivity contribution in [1.82, 2.24) is 5.32 Å². The maximum Gasteiger partial charge on any atom is 0.120 e. The first kappa shape index (κ1) is 22.7. The molecule has 0 fully saturated rings. The molecule has 1 aromatic carbocycles. The normalized spacial score (nSPS) is 13.8. The van der Waals surface area contributed by atoms with Crippen LogP contribution in [0, 0.1) is 5.92 Å². The van der Waals surface area contributed by atoms with Crippen LogP contribution in [0.2, 0.25) is 0 Å². The van der Waals surface area contributed by atoms with E-state index in [1.165, 1.54) is 25.7 Å². The number of benzene rings is 1. The fourth-order valence-corrected chi connectivity index (χ4v) is 2.77. The Balaban J connectivity index is 2.27. The summed E-state index contributed by atoms with van der Waals surface area (Å²) in [6, 6.07) is 7.81. The zero-order valence-corrected chi connectivity index (χ0v) is 17.4. The van der Waals surface area contributed by atoms with Crippen LogP contribution in [-0.2, 0) is 6.54 Å². The molecule has 1 rings (SSSR count). The molecule has 0 radical (unpaired) electrons. The topological polar surface area (TPSA) is 72.0 Å². The van der Waals surface area contributed by atoms with E-state index in [0.29, 0.717) is 12.4 Å². The summed E-state index contributed by atoms with van der Waals surface area (Å²) in [6.45, 7) is 7.94. The molecule has 150 valence electrons. The third kappa shape index (κ3) is 11.1. The molecule has 3 N–H and O–H groups in total. The number of rotatable bonds is 13. The molecule has 0 bridgehead atoms. The fraction of sp³-hybridized carbons (Fsp3) is 0.545. The monoisotopic (exact) mass is 372 g/mol. The Morgan fingerprint density at radius 3 is 2.63 bits per heavy atom. The lowest BCUT2D eigenvalue weighted by Crippen LogP contribution is -2.15. The first-order valence-electron chi connectivity index (χ1n) is 9.91. The van der Waals surface area contributed by atoms with Gasteiger partial charge < -0.3 is 15.8 Å². The molecule has 0 spiro atoms. The molecular formula is C22H36N4O. The molecule has 1 atom stereocenters. The minimum atomic E-state index is 0.495. The SMILES string of the molecule is CCCC(C)CCCCN=CN/C(C)=C\C(N)=NCc1ccc(OC)cc1. The predicted octanol–water partition coefficient (Wildman–Crippen LogP) is 4.68. The summed E-state index contributed by atoms with van der Waals surface area (Å²) in [5.74, 6) is 2.17. The predicted molar refractivity (Wildman–Crippen MR) is 116 cm³/mol. The van der Waals surface area contributed by atoms with Gasteiger partial charge in [-0.15, -0.1) is 0 Å². The number of unbranched alkanes of at least 4 members (excludes halogenated alkanes) is 1. The zero-order valence-electron chi connectivity index (χ0n) is 17.4. The van der Waals surface area contributed by atoms with Crippen molar-refractivity contribution in [2.24, 2.45) is 21.6 Å². The standard InChI is InChI=1S/C22H36N4O/c1-5-8-18(2)9-6-7-14-24-17-26-19(3)15-22(23)25-16-20-10-12-21(27-4)13-11-20/h10-13,15,17-18H,5-9,14,16H2,1-4H3,(H2,23,25)(H,24,26)/b19-15-. The van der Waals surface area contributed by atoms with Crippen LogP contribution >= 0.6 is 0 Å². The molecule has 1 unspecified atom stereocenters. The van der Waals surface area contributed by atoms with Gasteiger partial charge in [0.05, 0.1) is 20.0 Å². The molecule has 1 aromatic rings. The summed E-state index contributed by atoms with van der Waals surface area (Å²) in [4.78, 5) is 8.78. The highest BCUT2D eigenvalue weighted by atomic mass is 16.5. The minimum absolute atomic E-state index is 0.495. The quantitative estimate of drug-likeness (QED) is 0.300. The molecule has 0 heterocycles. The molecular weight excluding hydrogens is 336 g/mol. The van der Waals surface area contributed by atoms with Crippen molar-refractivity contribution in [2.45, 2.75) is 59.4 Å². The molecule has 5 heteroatoms. The van der Waals surface area contributed by atoms with Crippen LogP contribution in [0.4, 0.5) is 0 Å². The second kappa shape index (κ2) is 13.8. The van der Waals surface area contributed by atoms with E-state index >= 15 is 0 Å². The summed E-state index contributed by atoms with van der Waals surface area (Å²) in [6.07, 6.45) is 9.87. The molecule has 27 heavy (non-hydrogen) atoms. The largest absolute Gasteiger partial charge is 0.497 e. The number of nitrogens with two attached hydrogens (primary N) is 1. The first-order valence-corrected chi connectivity index (χ1v) is 9.91. The van der Waals surface area contributed by atoms with E-state index in [-0.39, 0.29) is 0 Å². The van der Waals surface area contributed by atoms with E-state index in [9.17, 15) is 0 Å². The van der Waals surface area contributed by atoms with Crippen LogP contribution in [-0.4, -0.2) is 25.8 Å². The molecule has 0 aliphatic carbocycles. The van der Waals surface area contributed by atoms with Crippen LogP contribution < -0.4 is 15.8 Å². The van der Waals surface area contributed by atoms with E-state index in [4.69, 9.17) is 10.5 Å². The lowest BCUT2D eigenvalue weighted by Gasteiger charge is -2.08. The summed E-state index contributed by atoms with van der Waals surface area (Å²) in [5.41, 5.74) is 7.98. The van der Waals surface area contributed by atoms with Gasteiger partial charge in [0.15, 0.2) is 0 Å². The van der Waals surface area contributed by atoms with Gasteiger partial charge in [-0.05, 0) is 43.0 Å². The number of amidine groups is 1. The molecule has 0 aliphatic rings. The van der Waals surface area contributed by atoms with Crippen molar-refractivity contribution in [1.29, 1.82) is 0 Å². The van der Waals surface area contributed by atoms with Gasteiger partial charge in [0.25, 0.3) is 0 Å². The molecule has 0 aliphatic heterocycles. The first-order chi connectivity index (χ1) is 13.0. The Morgan fingerprint density at radius 1 is 1.22 bits per heavy atom. The number of nitrogens with zero attached hydrogens (tertiary/aromatic N) is 2. The summed E-state index contributed by atoms with van der Waals surface area (Å²) in [5, 5.41) is 3.14. The highest BCUT2D eigenvalue weighted by Gasteiger charge is 1.99. The number of hydrogen-bond donors (Lipinski definition) is 2. The van der Waals surface area contributed by atoms with Crippen molar-refractivity contribution < 1.29 is 4.74 Å². The number of aliphatic imine (C=N–C) groups is 2. The van der Waals surface area contributed by atoms with Crippen LogP contribution in [0.15, 0.2) is 46.0 Å². The second-order valence-electron chi connectivity index (χ2n) is 6.99. The third-order valence-electron chi connectivity index (χ3n) is 4.37. The van der Waals surface area contributed by atoms with Gasteiger partial charge in [0.2, 0.25) is 0 Å². The van der Waals surface area contributed by atoms with Gasteiger partial charge in [-0.25, -0.2) is 0 Å². The van der Waals surface area contributed by atoms with Crippen molar-refractivity contribution >= 4 is 12.2 Å². The maximum absolute atomic E-state index is 5.97. The van der Waals surface area contributed by atoms with Gasteiger partial charge in [-0.1, -0.05) is 51.7 Å². The van der Waals surface area contributed by atoms with Crippen LogP contribution in [0.5, 0.6) is 5.75 Å². The van der Waals surface area contributed by atoms with Gasteiger partial charge >= 0.3 is 0 Å². The van der Waals surface area contributed by atoms with E-state index in [1.807, 2.05) is 37.3 Å². The summed E-state index contributed by atoms with van der Waals surface area (Å²) < 4.78 is 5.15. The van der Waals surface area contributed by atoms with E-state index in [2.05, 4.69) is 29.1 Å². The van der Waals surface area contributed by atoms with Crippen molar-refractivity contribution in [3.05, 3.63) is 41.6 Å². The Labute approximate surface area is 164 Å². The highest BCUT2D eigenvalue weighted by molar-refractivity contribution is 5.92. The number of allylic oxidation sites excluding steroid dienone is 1. The lowest BCUT2D eigenvalue weighted by molar-refractivity contribution is 0.414. The van der Waals surface area contributed by atoms with Crippen molar-refractivity contribution in [2.75, 3.05) is 13.7 Å². The van der Waals surface area contributed by atoms with Gasteiger partial charge in [-0.3, -0.25) is 9.98 Å². The zero-order chi connectivity index (χ0) is 19.9. The smallest absolute Gasteiger partial charge is 0.120 e. The van der Waals surface area contributed by atoms with Gasteiger partial charge in [0, 0.05) is 12.2 Å². The third-order valence-corrected chi connectivity index (χ3v) is 4.37. The average molecular weight is 373 g/mol. The Morgan fingerprint density at radius 2 is 1.96 bits per heavy atom. The fourth-order valence-electron chi connectivity index (χ4n) is 2.77. The lowest BCUT2D eigenvalue weighted by atomic mass is 9.99. The Kier molecular flexibility index (Phi) is 11.7. The summed E-state index contributed by atoms with van der Waals surface area (Å²) in [7, 11) is 1.66. The minimum Gasteiger partial charge on any atom is -0.497 e. The average Bonchev–Trinajstić information content (AvgIpc) is 2.66. The highest BCUT2D eigenvalue weighted by Crippen LogP contribution is 2.13. The molecule has 0 saturated carbocycles. The van der Waals surface area contributed by atoms with E-state index < -0.39 is 0 Å². The van der Waals surface area contributed by atoms with Crippen molar-refractivity contribution in [3.63, 3.8) is 0 Å². The van der Waals surface area contributed by atoms with Crippen LogP contribution in [0.25, 0.3) is 0 Å². The Bertz CT molecular complexity index is 605. The number of nitrogens with one attached hydrogen (secondary N) is 1. The maximum atomic E-state index is 5.97. The number of hydrogen-bond acceptors (Lipinski definition) is 3. The second-order valence-corrected chi connectivity index (χ2v) is 6.99. The van der Waals surface area contributed by atoms with Crippen LogP contribution in [0.3, 0.4) is 0 Å². The van der Waals surface area contributed by atoms with E-state index in [0.717, 1.165) is 35.9 Å². The molecule has 5 nitrogen and oxygen atoms in total. The molecule has 0 aromatic heterocycles. The number of methoxy groups -OCH3 is 1. The van der Waals surface area contributed by atoms with Crippen molar-refractivity contribution in [3.8, 4) is 5.75 Å². The van der Waals surface area contributed by atoms with E-state index in [1.54, 1.807) is 13.4 Å². The van der Waals surface area contributed by atoms with Crippen LogP contribution in [0.1, 0.15) is 58.4 Å². The molecule has 0 amide bonds.